The zero-order chi connectivity index (χ0) is 23.3. The number of benzene rings is 1. The quantitative estimate of drug-likeness (QED) is 0.681. The van der Waals surface area contributed by atoms with Crippen molar-refractivity contribution in [3.8, 4) is 0 Å². The van der Waals surface area contributed by atoms with Gasteiger partial charge in [-0.1, -0.05) is 12.1 Å². The van der Waals surface area contributed by atoms with Crippen LogP contribution in [0.25, 0.3) is 0 Å². The van der Waals surface area contributed by atoms with Crippen molar-refractivity contribution in [2.45, 2.75) is 32.4 Å². The molecule has 32 heavy (non-hydrogen) atoms. The molecule has 1 N–H and O–H groups in total. The number of carbonyl (C=O) groups is 2. The molecule has 0 radical (unpaired) electrons. The summed E-state index contributed by atoms with van der Waals surface area (Å²) in [5, 5.41) is 8.85. The average molecular weight is 444 g/mol. The van der Waals surface area contributed by atoms with Crippen molar-refractivity contribution in [1.82, 2.24) is 19.8 Å². The van der Waals surface area contributed by atoms with Gasteiger partial charge in [-0.05, 0) is 43.7 Å². The highest BCUT2D eigenvalue weighted by atomic mass is 19.1. The van der Waals surface area contributed by atoms with E-state index < -0.39 is 0 Å². The molecule has 3 rings (SSSR count). The van der Waals surface area contributed by atoms with Crippen molar-refractivity contribution >= 4 is 17.6 Å². The molecule has 0 unspecified atom stereocenters. The summed E-state index contributed by atoms with van der Waals surface area (Å²) in [5.74, 6) is -0.664. The Labute approximate surface area is 187 Å². The first-order chi connectivity index (χ1) is 15.3. The van der Waals surface area contributed by atoms with E-state index >= 15 is 0 Å². The summed E-state index contributed by atoms with van der Waals surface area (Å²) in [6, 6.07) is 9.14. The first kappa shape index (κ1) is 23.5. The fourth-order valence-electron chi connectivity index (χ4n) is 3.63. The number of amides is 3. The number of hydrogen-bond acceptors (Lipinski definition) is 4. The van der Waals surface area contributed by atoms with Crippen LogP contribution in [0.1, 0.15) is 37.6 Å². The van der Waals surface area contributed by atoms with Crippen LogP contribution < -0.4 is 5.32 Å². The highest BCUT2D eigenvalue weighted by molar-refractivity contribution is 6.02. The molecule has 2 heterocycles. The number of hydrazone groups is 1. The van der Waals surface area contributed by atoms with Gasteiger partial charge >= 0.3 is 6.03 Å². The van der Waals surface area contributed by atoms with Gasteiger partial charge in [0.2, 0.25) is 0 Å². The minimum Gasteiger partial charge on any atom is -0.383 e. The second kappa shape index (κ2) is 10.4. The van der Waals surface area contributed by atoms with Crippen molar-refractivity contribution in [1.29, 1.82) is 0 Å². The van der Waals surface area contributed by atoms with E-state index in [1.807, 2.05) is 43.8 Å². The molecule has 1 aliphatic heterocycles. The number of urea groups is 1. The topological polar surface area (TPSA) is 79.2 Å². The standard InChI is InChI=1S/C23H30FN5O3/c1-16(2)25-23(31)28(12-13-32-4)15-22(30)29-21(17-7-9-18(24)10-8-17)14-19(26-29)20-6-5-11-27(20)3/h5-11,16,21H,12-15H2,1-4H3,(H,25,31)/t21-/m0/s1. The van der Waals surface area contributed by atoms with Crippen LogP contribution in [0.2, 0.25) is 0 Å². The van der Waals surface area contributed by atoms with Crippen LogP contribution in [-0.4, -0.2) is 65.0 Å². The van der Waals surface area contributed by atoms with E-state index in [0.717, 1.165) is 17.0 Å². The molecule has 0 fully saturated rings. The molecule has 1 atom stereocenters. The van der Waals surface area contributed by atoms with Gasteiger partial charge in [-0.15, -0.1) is 0 Å². The highest BCUT2D eigenvalue weighted by Gasteiger charge is 2.35. The number of carbonyl (C=O) groups excluding carboxylic acids is 2. The van der Waals surface area contributed by atoms with E-state index in [1.165, 1.54) is 22.0 Å². The summed E-state index contributed by atoms with van der Waals surface area (Å²) in [5.41, 5.74) is 2.44. The van der Waals surface area contributed by atoms with Gasteiger partial charge in [0.1, 0.15) is 12.4 Å². The molecular weight excluding hydrogens is 413 g/mol. The lowest BCUT2D eigenvalue weighted by Crippen LogP contribution is -2.48. The molecule has 0 bridgehead atoms. The van der Waals surface area contributed by atoms with Crippen molar-refractivity contribution < 1.29 is 18.7 Å². The highest BCUT2D eigenvalue weighted by Crippen LogP contribution is 2.33. The number of halogens is 1. The predicted octanol–water partition coefficient (Wildman–Crippen LogP) is 2.91. The molecule has 1 aliphatic rings. The maximum atomic E-state index is 13.5. The van der Waals surface area contributed by atoms with Gasteiger partial charge in [-0.2, -0.15) is 5.10 Å². The van der Waals surface area contributed by atoms with Gasteiger partial charge in [0.05, 0.1) is 24.1 Å². The Hall–Kier alpha value is -3.20. The van der Waals surface area contributed by atoms with Gasteiger partial charge in [0.15, 0.2) is 0 Å². The van der Waals surface area contributed by atoms with E-state index in [0.29, 0.717) is 13.0 Å². The van der Waals surface area contributed by atoms with Gasteiger partial charge in [-0.25, -0.2) is 14.2 Å². The third kappa shape index (κ3) is 5.53. The zero-order valence-electron chi connectivity index (χ0n) is 18.9. The lowest BCUT2D eigenvalue weighted by molar-refractivity contribution is -0.133. The number of aromatic nitrogens is 1. The van der Waals surface area contributed by atoms with Gasteiger partial charge in [-0.3, -0.25) is 4.79 Å². The number of rotatable bonds is 8. The predicted molar refractivity (Wildman–Crippen MR) is 120 cm³/mol. The number of aryl methyl sites for hydroxylation is 1. The molecule has 0 spiro atoms. The number of hydrogen-bond donors (Lipinski definition) is 1. The maximum Gasteiger partial charge on any atom is 0.318 e. The average Bonchev–Trinajstić information content (AvgIpc) is 3.37. The Morgan fingerprint density at radius 1 is 1.28 bits per heavy atom. The fourth-order valence-corrected chi connectivity index (χ4v) is 3.63. The van der Waals surface area contributed by atoms with Crippen LogP contribution in [0.15, 0.2) is 47.7 Å². The molecule has 1 aromatic carbocycles. The SMILES string of the molecule is COCCN(CC(=O)N1N=C(c2cccn2C)C[C@H]1c1ccc(F)cc1)C(=O)NC(C)C. The second-order valence-electron chi connectivity index (χ2n) is 8.08. The molecule has 2 aromatic rings. The van der Waals surface area contributed by atoms with Crippen molar-refractivity contribution in [2.75, 3.05) is 26.8 Å². The molecule has 3 amide bonds. The molecule has 8 nitrogen and oxygen atoms in total. The Balaban J connectivity index is 1.87. The molecule has 9 heteroatoms. The number of methoxy groups -OCH3 is 1. The first-order valence-corrected chi connectivity index (χ1v) is 10.6. The lowest BCUT2D eigenvalue weighted by Gasteiger charge is -2.27. The fraction of sp³-hybridized carbons (Fsp3) is 0.435. The van der Waals surface area contributed by atoms with Crippen molar-refractivity contribution in [3.63, 3.8) is 0 Å². The molecular formula is C23H30FN5O3. The lowest BCUT2D eigenvalue weighted by atomic mass is 10.0. The van der Waals surface area contributed by atoms with E-state index in [4.69, 9.17) is 4.74 Å². The minimum absolute atomic E-state index is 0.0663. The van der Waals surface area contributed by atoms with Crippen LogP contribution in [0, 0.1) is 5.82 Å². The van der Waals surface area contributed by atoms with E-state index in [-0.39, 0.29) is 42.9 Å². The third-order valence-electron chi connectivity index (χ3n) is 5.25. The van der Waals surface area contributed by atoms with Crippen LogP contribution in [0.3, 0.4) is 0 Å². The molecule has 0 aliphatic carbocycles. The van der Waals surface area contributed by atoms with E-state index in [2.05, 4.69) is 10.4 Å². The van der Waals surface area contributed by atoms with Gasteiger partial charge in [0.25, 0.3) is 5.91 Å². The van der Waals surface area contributed by atoms with Crippen LogP contribution in [0.5, 0.6) is 0 Å². The number of nitrogens with one attached hydrogen (secondary N) is 1. The normalized spacial score (nSPS) is 15.8. The van der Waals surface area contributed by atoms with Crippen molar-refractivity contribution in [3.05, 3.63) is 59.7 Å². The van der Waals surface area contributed by atoms with E-state index in [9.17, 15) is 14.0 Å². The number of nitrogens with zero attached hydrogens (tertiary/aromatic N) is 4. The molecule has 1 aromatic heterocycles. The minimum atomic E-state index is -0.384. The molecule has 0 saturated carbocycles. The van der Waals surface area contributed by atoms with Crippen LogP contribution >= 0.6 is 0 Å². The summed E-state index contributed by atoms with van der Waals surface area (Å²) in [6.07, 6.45) is 2.41. The zero-order valence-corrected chi connectivity index (χ0v) is 18.9. The molecule has 172 valence electrons. The van der Waals surface area contributed by atoms with Gasteiger partial charge < -0.3 is 19.5 Å². The van der Waals surface area contributed by atoms with Crippen LogP contribution in [0.4, 0.5) is 9.18 Å². The largest absolute Gasteiger partial charge is 0.383 e. The molecule has 0 saturated heterocycles. The Bertz CT molecular complexity index is 970. The Morgan fingerprint density at radius 3 is 2.59 bits per heavy atom. The smallest absolute Gasteiger partial charge is 0.318 e. The third-order valence-corrected chi connectivity index (χ3v) is 5.25. The summed E-state index contributed by atoms with van der Waals surface area (Å²) in [7, 11) is 3.46. The van der Waals surface area contributed by atoms with Crippen molar-refractivity contribution in [2.24, 2.45) is 12.1 Å². The Kier molecular flexibility index (Phi) is 7.63. The van der Waals surface area contributed by atoms with Crippen LogP contribution in [-0.2, 0) is 16.6 Å². The first-order valence-electron chi connectivity index (χ1n) is 10.6. The number of ether oxygens (including phenoxy) is 1. The summed E-state index contributed by atoms with van der Waals surface area (Å²) >= 11 is 0. The monoisotopic (exact) mass is 443 g/mol. The maximum absolute atomic E-state index is 13.5. The second-order valence-corrected chi connectivity index (χ2v) is 8.08. The van der Waals surface area contributed by atoms with E-state index in [1.54, 1.807) is 19.2 Å². The van der Waals surface area contributed by atoms with Gasteiger partial charge in [0, 0.05) is 39.4 Å². The Morgan fingerprint density at radius 2 is 2.00 bits per heavy atom. The summed E-state index contributed by atoms with van der Waals surface area (Å²) in [4.78, 5) is 27.4. The summed E-state index contributed by atoms with van der Waals surface area (Å²) in [6.45, 7) is 4.14. The summed E-state index contributed by atoms with van der Waals surface area (Å²) < 4.78 is 20.5.